The van der Waals surface area contributed by atoms with E-state index in [0.717, 1.165) is 4.47 Å². The molecule has 0 heterocycles. The minimum Gasteiger partial charge on any atom is -0.483 e. The van der Waals surface area contributed by atoms with Crippen molar-refractivity contribution in [3.63, 3.8) is 0 Å². The van der Waals surface area contributed by atoms with Gasteiger partial charge in [-0.25, -0.2) is 4.79 Å². The van der Waals surface area contributed by atoms with Gasteiger partial charge in [0.15, 0.2) is 6.61 Å². The zero-order valence-corrected chi connectivity index (χ0v) is 11.2. The Hall–Kier alpha value is -1.60. The van der Waals surface area contributed by atoms with Gasteiger partial charge in [0.05, 0.1) is 6.10 Å². The van der Waals surface area contributed by atoms with Crippen LogP contribution in [0.3, 0.4) is 0 Å². The van der Waals surface area contributed by atoms with Gasteiger partial charge < -0.3 is 15.6 Å². The van der Waals surface area contributed by atoms with E-state index < -0.39 is 18.0 Å². The molecule has 1 rings (SSSR count). The van der Waals surface area contributed by atoms with Crippen molar-refractivity contribution in [1.82, 2.24) is 5.32 Å². The van der Waals surface area contributed by atoms with Crippen molar-refractivity contribution < 1.29 is 19.4 Å². The first-order valence-electron chi connectivity index (χ1n) is 5.09. The van der Waals surface area contributed by atoms with Gasteiger partial charge in [0.1, 0.15) is 5.75 Å². The number of ether oxygens (including phenoxy) is 1. The molecule has 1 aromatic carbocycles. The van der Waals surface area contributed by atoms with E-state index in [2.05, 4.69) is 15.9 Å². The molecule has 0 aliphatic heterocycles. The molecule has 6 nitrogen and oxygen atoms in total. The number of aliphatic hydroxyl groups is 1. The van der Waals surface area contributed by atoms with Crippen molar-refractivity contribution in [3.8, 4) is 5.75 Å². The number of urea groups is 1. The van der Waals surface area contributed by atoms with Crippen molar-refractivity contribution in [3.05, 3.63) is 28.2 Å². The predicted molar refractivity (Wildman–Crippen MR) is 68.0 cm³/mol. The standard InChI is InChI=1S/C11H13BrN2O4/c1-6(15)8-4-7(12)2-3-9(8)18-5-10(16)14-11(13)17/h2-4,6,15H,5H2,1H3,(H3,13,14,16,17)/t6-/m1/s1. The van der Waals surface area contributed by atoms with E-state index in [1.165, 1.54) is 0 Å². The number of hydrogen-bond acceptors (Lipinski definition) is 4. The zero-order chi connectivity index (χ0) is 13.7. The van der Waals surface area contributed by atoms with Crippen molar-refractivity contribution in [2.45, 2.75) is 13.0 Å². The van der Waals surface area contributed by atoms with Gasteiger partial charge in [-0.15, -0.1) is 0 Å². The number of carbonyl (C=O) groups excluding carboxylic acids is 2. The van der Waals surface area contributed by atoms with Crippen LogP contribution in [0.15, 0.2) is 22.7 Å². The number of carbonyl (C=O) groups is 2. The van der Waals surface area contributed by atoms with Gasteiger partial charge in [0.25, 0.3) is 5.91 Å². The normalized spacial score (nSPS) is 11.7. The summed E-state index contributed by atoms with van der Waals surface area (Å²) >= 11 is 3.27. The summed E-state index contributed by atoms with van der Waals surface area (Å²) in [6, 6.07) is 4.08. The molecule has 1 atom stereocenters. The molecule has 0 aromatic heterocycles. The molecule has 0 bridgehead atoms. The van der Waals surface area contributed by atoms with E-state index in [4.69, 9.17) is 10.5 Å². The van der Waals surface area contributed by atoms with Crippen LogP contribution in [0.4, 0.5) is 4.79 Å². The number of aliphatic hydroxyl groups excluding tert-OH is 1. The second-order valence-electron chi connectivity index (χ2n) is 3.56. The summed E-state index contributed by atoms with van der Waals surface area (Å²) in [5.74, 6) is -0.283. The minimum absolute atomic E-state index is 0.357. The molecule has 18 heavy (non-hydrogen) atoms. The summed E-state index contributed by atoms with van der Waals surface area (Å²) in [6.07, 6.45) is -0.739. The second-order valence-corrected chi connectivity index (χ2v) is 4.47. The number of amides is 3. The van der Waals surface area contributed by atoms with Crippen LogP contribution in [-0.2, 0) is 4.79 Å². The monoisotopic (exact) mass is 316 g/mol. The maximum atomic E-state index is 11.2. The third-order valence-corrected chi connectivity index (χ3v) is 2.54. The Morgan fingerprint density at radius 3 is 2.78 bits per heavy atom. The quantitative estimate of drug-likeness (QED) is 0.773. The van der Waals surface area contributed by atoms with E-state index in [0.29, 0.717) is 11.3 Å². The fourth-order valence-electron chi connectivity index (χ4n) is 1.29. The van der Waals surface area contributed by atoms with Crippen molar-refractivity contribution in [2.75, 3.05) is 6.61 Å². The maximum absolute atomic E-state index is 11.2. The van der Waals surface area contributed by atoms with E-state index >= 15 is 0 Å². The molecule has 4 N–H and O–H groups in total. The van der Waals surface area contributed by atoms with Crippen LogP contribution in [0.1, 0.15) is 18.6 Å². The van der Waals surface area contributed by atoms with Crippen molar-refractivity contribution >= 4 is 27.9 Å². The van der Waals surface area contributed by atoms with Gasteiger partial charge >= 0.3 is 6.03 Å². The highest BCUT2D eigenvalue weighted by atomic mass is 79.9. The second kappa shape index (κ2) is 6.36. The Bertz CT molecular complexity index is 462. The number of hydrogen-bond donors (Lipinski definition) is 3. The molecular formula is C11H13BrN2O4. The van der Waals surface area contributed by atoms with Gasteiger partial charge in [-0.2, -0.15) is 0 Å². The average molecular weight is 317 g/mol. The zero-order valence-electron chi connectivity index (χ0n) is 9.64. The Kier molecular flexibility index (Phi) is 5.11. The highest BCUT2D eigenvalue weighted by Gasteiger charge is 2.12. The largest absolute Gasteiger partial charge is 0.483 e. The Morgan fingerprint density at radius 2 is 2.22 bits per heavy atom. The first kappa shape index (κ1) is 14.5. The molecule has 0 unspecified atom stereocenters. The third kappa shape index (κ3) is 4.34. The van der Waals surface area contributed by atoms with Crippen LogP contribution in [0, 0.1) is 0 Å². The maximum Gasteiger partial charge on any atom is 0.318 e. The fourth-order valence-corrected chi connectivity index (χ4v) is 1.67. The number of rotatable bonds is 4. The van der Waals surface area contributed by atoms with Gasteiger partial charge in [0.2, 0.25) is 0 Å². The number of imide groups is 1. The number of benzene rings is 1. The molecule has 3 amide bonds. The highest BCUT2D eigenvalue weighted by Crippen LogP contribution is 2.28. The van der Waals surface area contributed by atoms with E-state index in [9.17, 15) is 14.7 Å². The van der Waals surface area contributed by atoms with Crippen molar-refractivity contribution in [1.29, 1.82) is 0 Å². The summed E-state index contributed by atoms with van der Waals surface area (Å²) in [6.45, 7) is 1.22. The van der Waals surface area contributed by atoms with Gasteiger partial charge in [-0.05, 0) is 25.1 Å². The lowest BCUT2D eigenvalue weighted by Crippen LogP contribution is -2.38. The Balaban J connectivity index is 2.72. The molecule has 1 aromatic rings. The Labute approximate surface area is 112 Å². The summed E-state index contributed by atoms with van der Waals surface area (Å²) in [4.78, 5) is 21.6. The number of nitrogens with two attached hydrogens (primary N) is 1. The van der Waals surface area contributed by atoms with Gasteiger partial charge in [0, 0.05) is 10.0 Å². The number of halogens is 1. The first-order valence-corrected chi connectivity index (χ1v) is 5.89. The molecule has 0 aliphatic carbocycles. The highest BCUT2D eigenvalue weighted by molar-refractivity contribution is 9.10. The van der Waals surface area contributed by atoms with E-state index in [1.54, 1.807) is 25.1 Å². The topological polar surface area (TPSA) is 102 Å². The molecular weight excluding hydrogens is 304 g/mol. The van der Waals surface area contributed by atoms with Gasteiger partial charge in [-0.1, -0.05) is 15.9 Å². The number of nitrogens with one attached hydrogen (secondary N) is 1. The first-order chi connectivity index (χ1) is 8.40. The lowest BCUT2D eigenvalue weighted by atomic mass is 10.1. The summed E-state index contributed by atoms with van der Waals surface area (Å²) < 4.78 is 6.00. The third-order valence-electron chi connectivity index (χ3n) is 2.04. The minimum atomic E-state index is -0.935. The van der Waals surface area contributed by atoms with Crippen LogP contribution in [0.2, 0.25) is 0 Å². The molecule has 98 valence electrons. The molecule has 0 saturated carbocycles. The number of primary amides is 1. The Morgan fingerprint density at radius 1 is 1.56 bits per heavy atom. The van der Waals surface area contributed by atoms with Crippen LogP contribution < -0.4 is 15.8 Å². The van der Waals surface area contributed by atoms with Crippen molar-refractivity contribution in [2.24, 2.45) is 5.73 Å². The smallest absolute Gasteiger partial charge is 0.318 e. The van der Waals surface area contributed by atoms with Gasteiger partial charge in [-0.3, -0.25) is 10.1 Å². The van der Waals surface area contributed by atoms with E-state index in [1.807, 2.05) is 5.32 Å². The molecule has 0 radical (unpaired) electrons. The van der Waals surface area contributed by atoms with E-state index in [-0.39, 0.29) is 6.61 Å². The molecule has 0 spiro atoms. The summed E-state index contributed by atoms with van der Waals surface area (Å²) in [5, 5.41) is 11.4. The average Bonchev–Trinajstić information content (AvgIpc) is 2.26. The summed E-state index contributed by atoms with van der Waals surface area (Å²) in [7, 11) is 0. The van der Waals surface area contributed by atoms with Crippen LogP contribution in [-0.4, -0.2) is 23.7 Å². The molecule has 0 aliphatic rings. The predicted octanol–water partition coefficient (Wildman–Crippen LogP) is 1.08. The fraction of sp³-hybridized carbons (Fsp3) is 0.273. The molecule has 0 saturated heterocycles. The SMILES string of the molecule is C[C@@H](O)c1cc(Br)ccc1OCC(=O)NC(N)=O. The lowest BCUT2D eigenvalue weighted by molar-refractivity contribution is -0.121. The van der Waals surface area contributed by atoms with Crippen LogP contribution in [0.25, 0.3) is 0 Å². The van der Waals surface area contributed by atoms with Crippen LogP contribution >= 0.6 is 15.9 Å². The summed E-state index contributed by atoms with van der Waals surface area (Å²) in [5.41, 5.74) is 5.33. The molecule has 7 heteroatoms. The van der Waals surface area contributed by atoms with Crippen LogP contribution in [0.5, 0.6) is 5.75 Å². The lowest BCUT2D eigenvalue weighted by Gasteiger charge is -2.13. The molecule has 0 fully saturated rings.